The van der Waals surface area contributed by atoms with Crippen molar-refractivity contribution in [2.75, 3.05) is 24.6 Å². The molecule has 1 aliphatic heterocycles. The number of aryl methyl sites for hydroxylation is 2. The average Bonchev–Trinajstić information content (AvgIpc) is 3.38. The van der Waals surface area contributed by atoms with E-state index in [9.17, 15) is 0 Å². The standard InChI is InChI=1S/C20H26N6O/c1-16-14-17(2)26(23-16)15-19-21-22-20(24-10-6-7-11-24)25(19)12-13-27-18-8-4-3-5-9-18/h3-5,8-9,14H,6-7,10-13,15H2,1-2H3. The quantitative estimate of drug-likeness (QED) is 0.643. The van der Waals surface area contributed by atoms with Gasteiger partial charge >= 0.3 is 0 Å². The van der Waals surface area contributed by atoms with Crippen LogP contribution in [0.4, 0.5) is 5.95 Å². The minimum absolute atomic E-state index is 0.576. The van der Waals surface area contributed by atoms with Gasteiger partial charge in [0.05, 0.1) is 12.2 Å². The minimum atomic E-state index is 0.576. The lowest BCUT2D eigenvalue weighted by Crippen LogP contribution is -2.24. The van der Waals surface area contributed by atoms with E-state index in [0.717, 1.165) is 42.0 Å². The van der Waals surface area contributed by atoms with E-state index in [1.165, 1.54) is 12.8 Å². The first-order valence-corrected chi connectivity index (χ1v) is 9.56. The zero-order chi connectivity index (χ0) is 18.6. The fourth-order valence-corrected chi connectivity index (χ4v) is 3.56. The molecule has 1 saturated heterocycles. The molecule has 0 unspecified atom stereocenters. The molecule has 0 atom stereocenters. The number of hydrogen-bond acceptors (Lipinski definition) is 5. The predicted octanol–water partition coefficient (Wildman–Crippen LogP) is 2.82. The number of ether oxygens (including phenoxy) is 1. The highest BCUT2D eigenvalue weighted by atomic mass is 16.5. The smallest absolute Gasteiger partial charge is 0.227 e. The molecule has 7 heteroatoms. The molecule has 142 valence electrons. The first kappa shape index (κ1) is 17.6. The van der Waals surface area contributed by atoms with Gasteiger partial charge in [-0.3, -0.25) is 9.25 Å². The third-order valence-corrected chi connectivity index (χ3v) is 4.92. The van der Waals surface area contributed by atoms with Crippen LogP contribution in [0.2, 0.25) is 0 Å². The molecule has 1 fully saturated rings. The number of nitrogens with zero attached hydrogens (tertiary/aromatic N) is 6. The minimum Gasteiger partial charge on any atom is -0.492 e. The highest BCUT2D eigenvalue weighted by molar-refractivity contribution is 5.32. The van der Waals surface area contributed by atoms with Gasteiger partial charge in [0.25, 0.3) is 0 Å². The van der Waals surface area contributed by atoms with Crippen LogP contribution in [-0.4, -0.2) is 44.2 Å². The van der Waals surface area contributed by atoms with Gasteiger partial charge in [-0.2, -0.15) is 5.10 Å². The number of benzene rings is 1. The first-order chi connectivity index (χ1) is 13.2. The monoisotopic (exact) mass is 366 g/mol. The Morgan fingerprint density at radius 2 is 1.81 bits per heavy atom. The SMILES string of the molecule is Cc1cc(C)n(Cc2nnc(N3CCCC3)n2CCOc2ccccc2)n1. The average molecular weight is 366 g/mol. The molecule has 1 aromatic carbocycles. The van der Waals surface area contributed by atoms with E-state index >= 15 is 0 Å². The highest BCUT2D eigenvalue weighted by Gasteiger charge is 2.21. The number of para-hydroxylation sites is 1. The van der Waals surface area contributed by atoms with Crippen LogP contribution in [0.15, 0.2) is 36.4 Å². The first-order valence-electron chi connectivity index (χ1n) is 9.56. The van der Waals surface area contributed by atoms with E-state index < -0.39 is 0 Å². The second-order valence-corrected chi connectivity index (χ2v) is 7.01. The zero-order valence-electron chi connectivity index (χ0n) is 16.0. The Morgan fingerprint density at radius 1 is 1.04 bits per heavy atom. The topological polar surface area (TPSA) is 61.0 Å². The molecule has 27 heavy (non-hydrogen) atoms. The predicted molar refractivity (Wildman–Crippen MR) is 104 cm³/mol. The molecule has 0 N–H and O–H groups in total. The molecule has 0 saturated carbocycles. The third kappa shape index (κ3) is 3.97. The van der Waals surface area contributed by atoms with Crippen molar-refractivity contribution >= 4 is 5.95 Å². The van der Waals surface area contributed by atoms with Gasteiger partial charge in [0.2, 0.25) is 5.95 Å². The fourth-order valence-electron chi connectivity index (χ4n) is 3.56. The maximum Gasteiger partial charge on any atom is 0.227 e. The Balaban J connectivity index is 1.54. The van der Waals surface area contributed by atoms with Crippen molar-refractivity contribution in [3.8, 4) is 5.75 Å². The molecule has 7 nitrogen and oxygen atoms in total. The molecular formula is C20H26N6O. The number of aromatic nitrogens is 5. The summed E-state index contributed by atoms with van der Waals surface area (Å²) in [6.45, 7) is 8.06. The second kappa shape index (κ2) is 7.82. The van der Waals surface area contributed by atoms with Crippen LogP contribution in [-0.2, 0) is 13.1 Å². The van der Waals surface area contributed by atoms with E-state index in [4.69, 9.17) is 4.74 Å². The summed E-state index contributed by atoms with van der Waals surface area (Å²) in [6.07, 6.45) is 2.42. The van der Waals surface area contributed by atoms with Crippen molar-refractivity contribution in [2.45, 2.75) is 39.8 Å². The molecule has 4 rings (SSSR count). The molecule has 3 aromatic rings. The van der Waals surface area contributed by atoms with E-state index in [1.54, 1.807) is 0 Å². The van der Waals surface area contributed by atoms with Gasteiger partial charge in [0.1, 0.15) is 18.9 Å². The van der Waals surface area contributed by atoms with Crippen molar-refractivity contribution in [1.29, 1.82) is 0 Å². The van der Waals surface area contributed by atoms with Crippen LogP contribution in [0, 0.1) is 13.8 Å². The summed E-state index contributed by atoms with van der Waals surface area (Å²) >= 11 is 0. The Morgan fingerprint density at radius 3 is 2.52 bits per heavy atom. The zero-order valence-corrected chi connectivity index (χ0v) is 16.0. The molecule has 2 aromatic heterocycles. The van der Waals surface area contributed by atoms with Gasteiger partial charge in [0, 0.05) is 18.8 Å². The number of hydrogen-bond donors (Lipinski definition) is 0. The lowest BCUT2D eigenvalue weighted by Gasteiger charge is -2.19. The van der Waals surface area contributed by atoms with Crippen molar-refractivity contribution in [3.63, 3.8) is 0 Å². The van der Waals surface area contributed by atoms with Crippen molar-refractivity contribution < 1.29 is 4.74 Å². The van der Waals surface area contributed by atoms with Gasteiger partial charge in [0.15, 0.2) is 5.82 Å². The normalized spacial score (nSPS) is 14.1. The van der Waals surface area contributed by atoms with Crippen molar-refractivity contribution in [3.05, 3.63) is 53.6 Å². The number of anilines is 1. The van der Waals surface area contributed by atoms with Crippen LogP contribution < -0.4 is 9.64 Å². The van der Waals surface area contributed by atoms with Gasteiger partial charge in [-0.1, -0.05) is 18.2 Å². The summed E-state index contributed by atoms with van der Waals surface area (Å²) in [5, 5.41) is 13.6. The van der Waals surface area contributed by atoms with E-state index in [-0.39, 0.29) is 0 Å². The summed E-state index contributed by atoms with van der Waals surface area (Å²) < 4.78 is 10.1. The van der Waals surface area contributed by atoms with Crippen LogP contribution in [0.3, 0.4) is 0 Å². The van der Waals surface area contributed by atoms with Gasteiger partial charge < -0.3 is 9.64 Å². The maximum atomic E-state index is 5.91. The van der Waals surface area contributed by atoms with Gasteiger partial charge in [-0.05, 0) is 44.9 Å². The van der Waals surface area contributed by atoms with E-state index in [1.807, 2.05) is 41.9 Å². The summed E-state index contributed by atoms with van der Waals surface area (Å²) in [4.78, 5) is 2.32. The summed E-state index contributed by atoms with van der Waals surface area (Å²) in [6, 6.07) is 12.0. The van der Waals surface area contributed by atoms with Crippen molar-refractivity contribution in [1.82, 2.24) is 24.5 Å². The molecule has 0 aliphatic carbocycles. The van der Waals surface area contributed by atoms with Crippen LogP contribution >= 0.6 is 0 Å². The van der Waals surface area contributed by atoms with Gasteiger partial charge in [-0.15, -0.1) is 10.2 Å². The molecule has 0 spiro atoms. The van der Waals surface area contributed by atoms with E-state index in [2.05, 4.69) is 37.8 Å². The lowest BCUT2D eigenvalue weighted by atomic mass is 10.3. The molecule has 3 heterocycles. The lowest BCUT2D eigenvalue weighted by molar-refractivity contribution is 0.296. The summed E-state index contributed by atoms with van der Waals surface area (Å²) in [5.74, 6) is 2.74. The summed E-state index contributed by atoms with van der Waals surface area (Å²) in [5.41, 5.74) is 2.15. The Labute approximate surface area is 159 Å². The van der Waals surface area contributed by atoms with Crippen LogP contribution in [0.5, 0.6) is 5.75 Å². The maximum absolute atomic E-state index is 5.91. The fraction of sp³-hybridized carbons (Fsp3) is 0.450. The Kier molecular flexibility index (Phi) is 5.09. The van der Waals surface area contributed by atoms with Crippen LogP contribution in [0.25, 0.3) is 0 Å². The second-order valence-electron chi connectivity index (χ2n) is 7.01. The van der Waals surface area contributed by atoms with Crippen LogP contribution in [0.1, 0.15) is 30.1 Å². The summed E-state index contributed by atoms with van der Waals surface area (Å²) in [7, 11) is 0. The molecule has 0 amide bonds. The number of rotatable bonds is 7. The third-order valence-electron chi connectivity index (χ3n) is 4.92. The van der Waals surface area contributed by atoms with Gasteiger partial charge in [-0.25, -0.2) is 0 Å². The van der Waals surface area contributed by atoms with E-state index in [0.29, 0.717) is 19.7 Å². The molecule has 1 aliphatic rings. The largest absolute Gasteiger partial charge is 0.492 e. The molecule has 0 bridgehead atoms. The Hall–Kier alpha value is -2.83. The molecule has 0 radical (unpaired) electrons. The molecular weight excluding hydrogens is 340 g/mol. The highest BCUT2D eigenvalue weighted by Crippen LogP contribution is 2.20. The van der Waals surface area contributed by atoms with Crippen molar-refractivity contribution in [2.24, 2.45) is 0 Å². The Bertz CT molecular complexity index is 879.